The lowest BCUT2D eigenvalue weighted by Crippen LogP contribution is -2.23. The molecule has 0 bridgehead atoms. The first-order valence-electron chi connectivity index (χ1n) is 9.47. The summed E-state index contributed by atoms with van der Waals surface area (Å²) in [6, 6.07) is 26.9. The number of carbonyl (C=O) groups is 1. The molecular formula is C24H22N2O4. The van der Waals surface area contributed by atoms with Gasteiger partial charge in [-0.05, 0) is 42.6 Å². The number of rotatable bonds is 3. The molecular weight excluding hydrogens is 380 g/mol. The molecule has 0 aliphatic carbocycles. The van der Waals surface area contributed by atoms with Crippen LogP contribution in [0.5, 0.6) is 5.88 Å². The molecule has 0 spiro atoms. The highest BCUT2D eigenvalue weighted by molar-refractivity contribution is 5.94. The van der Waals surface area contributed by atoms with E-state index in [0.29, 0.717) is 23.3 Å². The Morgan fingerprint density at radius 2 is 1.37 bits per heavy atom. The Hall–Kier alpha value is -4.06. The van der Waals surface area contributed by atoms with Crippen LogP contribution in [0.15, 0.2) is 95.8 Å². The molecule has 4 rings (SSSR count). The summed E-state index contributed by atoms with van der Waals surface area (Å²) < 4.78 is 1.35. The van der Waals surface area contributed by atoms with Crippen molar-refractivity contribution >= 4 is 28.2 Å². The van der Waals surface area contributed by atoms with Gasteiger partial charge in [0.2, 0.25) is 5.88 Å². The van der Waals surface area contributed by atoms with Crippen LogP contribution >= 0.6 is 0 Å². The Bertz CT molecular complexity index is 1150. The second-order valence-corrected chi connectivity index (χ2v) is 6.43. The molecule has 4 aromatic rings. The minimum atomic E-state index is -0.989. The second-order valence-electron chi connectivity index (χ2n) is 6.43. The zero-order valence-corrected chi connectivity index (χ0v) is 16.5. The number of benzene rings is 3. The lowest BCUT2D eigenvalue weighted by atomic mass is 10.1. The Balaban J connectivity index is 0.000000172. The van der Waals surface area contributed by atoms with Crippen LogP contribution in [0.1, 0.15) is 6.92 Å². The number of aromatic hydroxyl groups is 1. The molecule has 0 fully saturated rings. The summed E-state index contributed by atoms with van der Waals surface area (Å²) >= 11 is 0. The molecule has 1 heterocycles. The molecule has 1 amide bonds. The lowest BCUT2D eigenvalue weighted by molar-refractivity contribution is 0.205. The quantitative estimate of drug-likeness (QED) is 0.492. The fourth-order valence-electron chi connectivity index (χ4n) is 3.12. The monoisotopic (exact) mass is 402 g/mol. The zero-order valence-electron chi connectivity index (χ0n) is 16.5. The van der Waals surface area contributed by atoms with Gasteiger partial charge in [0.1, 0.15) is 0 Å². The van der Waals surface area contributed by atoms with E-state index in [4.69, 9.17) is 0 Å². The highest BCUT2D eigenvalue weighted by Crippen LogP contribution is 2.24. The maximum atomic E-state index is 11.5. The molecule has 0 aliphatic rings. The predicted octanol–water partition coefficient (Wildman–Crippen LogP) is 5.23. The Morgan fingerprint density at radius 1 is 0.867 bits per heavy atom. The van der Waals surface area contributed by atoms with Crippen LogP contribution in [0.2, 0.25) is 0 Å². The normalized spacial score (nSPS) is 10.2. The van der Waals surface area contributed by atoms with Crippen molar-refractivity contribution in [2.75, 3.05) is 4.90 Å². The minimum absolute atomic E-state index is 0.0515. The van der Waals surface area contributed by atoms with E-state index in [9.17, 15) is 19.8 Å². The van der Waals surface area contributed by atoms with Gasteiger partial charge in [-0.3, -0.25) is 9.36 Å². The first-order valence-corrected chi connectivity index (χ1v) is 9.47. The van der Waals surface area contributed by atoms with Gasteiger partial charge in [-0.25, -0.2) is 9.69 Å². The summed E-state index contributed by atoms with van der Waals surface area (Å²) in [6.07, 6.45) is -0.989. The minimum Gasteiger partial charge on any atom is -0.494 e. The topological polar surface area (TPSA) is 82.8 Å². The second kappa shape index (κ2) is 9.43. The maximum Gasteiger partial charge on any atom is 0.416 e. The van der Waals surface area contributed by atoms with Crippen LogP contribution < -0.4 is 10.5 Å². The third-order valence-electron chi connectivity index (χ3n) is 4.54. The van der Waals surface area contributed by atoms with Crippen molar-refractivity contribution in [1.29, 1.82) is 0 Å². The van der Waals surface area contributed by atoms with Crippen LogP contribution in [0.4, 0.5) is 16.2 Å². The van der Waals surface area contributed by atoms with Gasteiger partial charge in [0.05, 0.1) is 11.4 Å². The summed E-state index contributed by atoms with van der Waals surface area (Å²) in [7, 11) is 0. The van der Waals surface area contributed by atoms with Crippen molar-refractivity contribution in [3.05, 3.63) is 101 Å². The van der Waals surface area contributed by atoms with Gasteiger partial charge in [-0.1, -0.05) is 54.6 Å². The number of amides is 1. The van der Waals surface area contributed by atoms with E-state index in [-0.39, 0.29) is 11.4 Å². The Morgan fingerprint density at radius 3 is 1.87 bits per heavy atom. The van der Waals surface area contributed by atoms with E-state index in [1.165, 1.54) is 9.47 Å². The molecule has 6 nitrogen and oxygen atoms in total. The van der Waals surface area contributed by atoms with Crippen molar-refractivity contribution in [2.45, 2.75) is 13.5 Å². The van der Waals surface area contributed by atoms with Crippen molar-refractivity contribution in [1.82, 2.24) is 4.57 Å². The van der Waals surface area contributed by atoms with E-state index in [0.717, 1.165) is 5.39 Å². The third-order valence-corrected chi connectivity index (χ3v) is 4.54. The summed E-state index contributed by atoms with van der Waals surface area (Å²) in [5.74, 6) is 0.0515. The van der Waals surface area contributed by atoms with Gasteiger partial charge in [0, 0.05) is 18.0 Å². The Labute approximate surface area is 173 Å². The highest BCUT2D eigenvalue weighted by Gasteiger charge is 2.15. The predicted molar refractivity (Wildman–Crippen MR) is 119 cm³/mol. The molecule has 0 atom stereocenters. The maximum absolute atomic E-state index is 11.5. The fraction of sp³-hybridized carbons (Fsp3) is 0.0833. The van der Waals surface area contributed by atoms with Crippen LogP contribution in [0.25, 0.3) is 10.8 Å². The number of nitrogens with zero attached hydrogens (tertiary/aromatic N) is 2. The standard InChI is InChI=1S/C13H11NO2.C11H11NO2/c15-13(16)14(11-7-3-1-4-8-11)12-9-5-2-6-10-12;1-2-12-10(13)7-8-5-3-4-6-9(8)11(12)14/h1-10H,(H,15,16);3-7,14H,2H2,1H3. The van der Waals surface area contributed by atoms with Gasteiger partial charge in [0.15, 0.2) is 0 Å². The van der Waals surface area contributed by atoms with Crippen LogP contribution in [0, 0.1) is 0 Å². The van der Waals surface area contributed by atoms with Crippen LogP contribution in [0.3, 0.4) is 0 Å². The summed E-state index contributed by atoms with van der Waals surface area (Å²) in [4.78, 5) is 24.0. The number of fused-ring (bicyclic) bond motifs is 1. The van der Waals surface area contributed by atoms with E-state index in [1.54, 1.807) is 36.4 Å². The van der Waals surface area contributed by atoms with Crippen molar-refractivity contribution in [2.24, 2.45) is 0 Å². The molecule has 0 radical (unpaired) electrons. The molecule has 0 saturated carbocycles. The third kappa shape index (κ3) is 4.50. The molecule has 30 heavy (non-hydrogen) atoms. The van der Waals surface area contributed by atoms with Gasteiger partial charge in [-0.2, -0.15) is 0 Å². The lowest BCUT2D eigenvalue weighted by Gasteiger charge is -2.18. The van der Waals surface area contributed by atoms with Crippen molar-refractivity contribution < 1.29 is 15.0 Å². The van der Waals surface area contributed by atoms with Gasteiger partial charge < -0.3 is 10.2 Å². The average Bonchev–Trinajstić information content (AvgIpc) is 2.76. The van der Waals surface area contributed by atoms with Crippen LogP contribution in [-0.2, 0) is 6.54 Å². The van der Waals surface area contributed by atoms with Crippen LogP contribution in [-0.4, -0.2) is 20.9 Å². The number of para-hydroxylation sites is 2. The summed E-state index contributed by atoms with van der Waals surface area (Å²) in [5.41, 5.74) is 1.12. The largest absolute Gasteiger partial charge is 0.494 e. The van der Waals surface area contributed by atoms with E-state index in [1.807, 2.05) is 61.5 Å². The molecule has 1 aromatic heterocycles. The first kappa shape index (κ1) is 20.7. The average molecular weight is 402 g/mol. The number of anilines is 2. The van der Waals surface area contributed by atoms with Gasteiger partial charge >= 0.3 is 6.09 Å². The first-order chi connectivity index (χ1) is 14.5. The highest BCUT2D eigenvalue weighted by atomic mass is 16.4. The zero-order chi connectivity index (χ0) is 21.5. The molecule has 152 valence electrons. The van der Waals surface area contributed by atoms with E-state index >= 15 is 0 Å². The fourth-order valence-corrected chi connectivity index (χ4v) is 3.12. The van der Waals surface area contributed by atoms with Gasteiger partial charge in [0.25, 0.3) is 5.56 Å². The molecule has 6 heteroatoms. The SMILES string of the molecule is CCn1c(O)c2ccccc2cc1=O.O=C(O)N(c1ccccc1)c1ccccc1. The van der Waals surface area contributed by atoms with Crippen molar-refractivity contribution in [3.63, 3.8) is 0 Å². The number of aromatic nitrogens is 1. The number of pyridine rings is 1. The molecule has 2 N–H and O–H groups in total. The number of hydrogen-bond donors (Lipinski definition) is 2. The van der Waals surface area contributed by atoms with E-state index in [2.05, 4.69) is 0 Å². The smallest absolute Gasteiger partial charge is 0.416 e. The summed E-state index contributed by atoms with van der Waals surface area (Å²) in [6.45, 7) is 2.31. The number of carboxylic acid groups (broad SMARTS) is 1. The molecule has 0 saturated heterocycles. The van der Waals surface area contributed by atoms with Gasteiger partial charge in [-0.15, -0.1) is 0 Å². The van der Waals surface area contributed by atoms with Crippen molar-refractivity contribution in [3.8, 4) is 5.88 Å². The molecule has 0 aliphatic heterocycles. The molecule has 3 aromatic carbocycles. The molecule has 0 unspecified atom stereocenters. The Kier molecular flexibility index (Phi) is 6.49. The summed E-state index contributed by atoms with van der Waals surface area (Å²) in [5, 5.41) is 20.5. The number of hydrogen-bond acceptors (Lipinski definition) is 3. The van der Waals surface area contributed by atoms with E-state index < -0.39 is 6.09 Å².